The lowest BCUT2D eigenvalue weighted by molar-refractivity contribution is 0.0679. The highest BCUT2D eigenvalue weighted by molar-refractivity contribution is 6.04. The highest BCUT2D eigenvalue weighted by Gasteiger charge is 2.16. The highest BCUT2D eigenvalue weighted by atomic mass is 16.5. The van der Waals surface area contributed by atoms with Crippen LogP contribution in [-0.4, -0.2) is 29.8 Å². The molecule has 0 bridgehead atoms. The van der Waals surface area contributed by atoms with Crippen molar-refractivity contribution in [3.8, 4) is 5.75 Å². The largest absolute Gasteiger partial charge is 0.491 e. The van der Waals surface area contributed by atoms with E-state index in [1.54, 1.807) is 41.1 Å². The van der Waals surface area contributed by atoms with Crippen LogP contribution in [0.15, 0.2) is 77.7 Å². The Morgan fingerprint density at radius 2 is 1.87 bits per heavy atom. The van der Waals surface area contributed by atoms with Crippen LogP contribution in [0.2, 0.25) is 0 Å². The molecule has 1 unspecified atom stereocenters. The van der Waals surface area contributed by atoms with Crippen LogP contribution in [0.25, 0.3) is 0 Å². The molecule has 6 nitrogen and oxygen atoms in total. The molecule has 1 saturated heterocycles. The van der Waals surface area contributed by atoms with Crippen molar-refractivity contribution >= 4 is 11.6 Å². The van der Waals surface area contributed by atoms with Crippen LogP contribution in [0.5, 0.6) is 5.75 Å². The number of ether oxygens (including phenoxy) is 2. The summed E-state index contributed by atoms with van der Waals surface area (Å²) in [5.41, 5.74) is 2.19. The molecular weight excluding hydrogens is 380 g/mol. The van der Waals surface area contributed by atoms with E-state index < -0.39 is 0 Å². The first kappa shape index (κ1) is 19.9. The van der Waals surface area contributed by atoms with E-state index >= 15 is 0 Å². The number of anilines is 1. The summed E-state index contributed by atoms with van der Waals surface area (Å²) >= 11 is 0. The number of aromatic nitrogens is 1. The highest BCUT2D eigenvalue weighted by Crippen LogP contribution is 2.18. The average molecular weight is 404 g/mol. The maximum Gasteiger partial charge on any atom is 0.255 e. The van der Waals surface area contributed by atoms with E-state index in [4.69, 9.17) is 9.47 Å². The second kappa shape index (κ2) is 9.41. The minimum Gasteiger partial charge on any atom is -0.491 e. The minimum absolute atomic E-state index is 0.0434. The molecule has 1 atom stereocenters. The first-order valence-electron chi connectivity index (χ1n) is 10.1. The summed E-state index contributed by atoms with van der Waals surface area (Å²) in [5, 5.41) is 2.89. The zero-order valence-electron chi connectivity index (χ0n) is 16.6. The SMILES string of the molecule is O=C(Nc1ccc(Cn2ccccc2=O)cc1)c1ccc(OCC2CCCO2)cc1. The molecule has 0 saturated carbocycles. The van der Waals surface area contributed by atoms with E-state index in [0.717, 1.165) is 30.8 Å². The predicted molar refractivity (Wildman–Crippen MR) is 115 cm³/mol. The Morgan fingerprint density at radius 3 is 2.57 bits per heavy atom. The molecule has 1 N–H and O–H groups in total. The molecule has 0 spiro atoms. The van der Waals surface area contributed by atoms with Gasteiger partial charge in [-0.15, -0.1) is 0 Å². The van der Waals surface area contributed by atoms with Gasteiger partial charge in [-0.25, -0.2) is 0 Å². The second-order valence-corrected chi connectivity index (χ2v) is 7.29. The van der Waals surface area contributed by atoms with E-state index in [-0.39, 0.29) is 17.6 Å². The number of nitrogens with zero attached hydrogens (tertiary/aromatic N) is 1. The molecule has 1 aliphatic heterocycles. The molecule has 1 fully saturated rings. The number of benzene rings is 2. The molecule has 0 radical (unpaired) electrons. The van der Waals surface area contributed by atoms with Crippen LogP contribution < -0.4 is 15.6 Å². The third-order valence-corrected chi connectivity index (χ3v) is 5.04. The Balaban J connectivity index is 1.32. The quantitative estimate of drug-likeness (QED) is 0.652. The molecule has 2 aromatic carbocycles. The first-order valence-corrected chi connectivity index (χ1v) is 10.1. The number of pyridine rings is 1. The van der Waals surface area contributed by atoms with Crippen molar-refractivity contribution in [1.29, 1.82) is 0 Å². The number of rotatable bonds is 7. The van der Waals surface area contributed by atoms with Gasteiger partial charge < -0.3 is 19.4 Å². The standard InChI is InChI=1S/C24H24N2O4/c27-23-5-1-2-14-26(23)16-18-6-10-20(11-7-18)25-24(28)19-8-12-21(13-9-19)30-17-22-4-3-15-29-22/h1-2,5-14,22H,3-4,15-17H2,(H,25,28). The maximum absolute atomic E-state index is 12.5. The summed E-state index contributed by atoms with van der Waals surface area (Å²) in [7, 11) is 0. The van der Waals surface area contributed by atoms with E-state index in [9.17, 15) is 9.59 Å². The fourth-order valence-electron chi connectivity index (χ4n) is 3.35. The smallest absolute Gasteiger partial charge is 0.255 e. The van der Waals surface area contributed by atoms with Gasteiger partial charge in [0, 0.05) is 30.1 Å². The summed E-state index contributed by atoms with van der Waals surface area (Å²) in [6.45, 7) is 1.83. The third-order valence-electron chi connectivity index (χ3n) is 5.04. The zero-order chi connectivity index (χ0) is 20.8. The predicted octanol–water partition coefficient (Wildman–Crippen LogP) is 3.71. The van der Waals surface area contributed by atoms with Crippen molar-refractivity contribution in [2.45, 2.75) is 25.5 Å². The molecule has 30 heavy (non-hydrogen) atoms. The molecule has 4 rings (SSSR count). The number of hydrogen-bond acceptors (Lipinski definition) is 4. The number of carbonyl (C=O) groups is 1. The van der Waals surface area contributed by atoms with Crippen LogP contribution in [0.1, 0.15) is 28.8 Å². The molecule has 154 valence electrons. The zero-order valence-corrected chi connectivity index (χ0v) is 16.6. The molecular formula is C24H24N2O4. The number of amides is 1. The Bertz CT molecular complexity index is 1040. The topological polar surface area (TPSA) is 69.6 Å². The average Bonchev–Trinajstić information content (AvgIpc) is 3.29. The van der Waals surface area contributed by atoms with Gasteiger partial charge in [-0.1, -0.05) is 18.2 Å². The monoisotopic (exact) mass is 404 g/mol. The number of nitrogens with one attached hydrogen (secondary N) is 1. The van der Waals surface area contributed by atoms with Crippen LogP contribution in [0.4, 0.5) is 5.69 Å². The summed E-state index contributed by atoms with van der Waals surface area (Å²) in [5.74, 6) is 0.537. The van der Waals surface area contributed by atoms with Crippen LogP contribution >= 0.6 is 0 Å². The maximum atomic E-state index is 12.5. The Labute approximate surface area is 175 Å². The van der Waals surface area contributed by atoms with E-state index in [1.807, 2.05) is 30.3 Å². The normalized spacial score (nSPS) is 15.7. The van der Waals surface area contributed by atoms with Crippen molar-refractivity contribution in [3.05, 3.63) is 94.4 Å². The summed E-state index contributed by atoms with van der Waals surface area (Å²) in [4.78, 5) is 24.3. The van der Waals surface area contributed by atoms with Gasteiger partial charge in [-0.05, 0) is 60.9 Å². The third kappa shape index (κ3) is 5.15. The van der Waals surface area contributed by atoms with Gasteiger partial charge in [-0.3, -0.25) is 9.59 Å². The second-order valence-electron chi connectivity index (χ2n) is 7.29. The first-order chi connectivity index (χ1) is 14.7. The van der Waals surface area contributed by atoms with Gasteiger partial charge in [-0.2, -0.15) is 0 Å². The lowest BCUT2D eigenvalue weighted by atomic mass is 10.1. The lowest BCUT2D eigenvalue weighted by Crippen LogP contribution is -2.18. The van der Waals surface area contributed by atoms with E-state index in [2.05, 4.69) is 5.32 Å². The van der Waals surface area contributed by atoms with E-state index in [1.165, 1.54) is 6.07 Å². The van der Waals surface area contributed by atoms with Crippen molar-refractivity contribution in [2.24, 2.45) is 0 Å². The van der Waals surface area contributed by atoms with Gasteiger partial charge in [0.25, 0.3) is 11.5 Å². The van der Waals surface area contributed by atoms with Gasteiger partial charge in [0.05, 0.1) is 12.6 Å². The van der Waals surface area contributed by atoms with Crippen LogP contribution in [-0.2, 0) is 11.3 Å². The van der Waals surface area contributed by atoms with Crippen LogP contribution in [0, 0.1) is 0 Å². The van der Waals surface area contributed by atoms with Crippen molar-refractivity contribution in [1.82, 2.24) is 4.57 Å². The fraction of sp³-hybridized carbons (Fsp3) is 0.250. The minimum atomic E-state index is -0.187. The Hall–Kier alpha value is -3.38. The van der Waals surface area contributed by atoms with Crippen LogP contribution in [0.3, 0.4) is 0 Å². The van der Waals surface area contributed by atoms with Crippen molar-refractivity contribution < 1.29 is 14.3 Å². The lowest BCUT2D eigenvalue weighted by Gasteiger charge is -2.12. The molecule has 0 aliphatic carbocycles. The fourth-order valence-corrected chi connectivity index (χ4v) is 3.35. The Kier molecular flexibility index (Phi) is 6.25. The summed E-state index contributed by atoms with van der Waals surface area (Å²) < 4.78 is 12.9. The van der Waals surface area contributed by atoms with E-state index in [0.29, 0.717) is 24.4 Å². The van der Waals surface area contributed by atoms with Gasteiger partial charge >= 0.3 is 0 Å². The molecule has 1 aromatic heterocycles. The number of carbonyl (C=O) groups excluding carboxylic acids is 1. The Morgan fingerprint density at radius 1 is 1.07 bits per heavy atom. The number of hydrogen-bond donors (Lipinski definition) is 1. The van der Waals surface area contributed by atoms with Gasteiger partial charge in [0.15, 0.2) is 0 Å². The molecule has 3 aromatic rings. The molecule has 2 heterocycles. The molecule has 1 aliphatic rings. The van der Waals surface area contributed by atoms with Crippen molar-refractivity contribution in [2.75, 3.05) is 18.5 Å². The molecule has 1 amide bonds. The van der Waals surface area contributed by atoms with Gasteiger partial charge in [0.2, 0.25) is 0 Å². The summed E-state index contributed by atoms with van der Waals surface area (Å²) in [6.07, 6.45) is 4.03. The molecule has 6 heteroatoms. The van der Waals surface area contributed by atoms with Crippen molar-refractivity contribution in [3.63, 3.8) is 0 Å². The van der Waals surface area contributed by atoms with Gasteiger partial charge in [0.1, 0.15) is 12.4 Å². The summed E-state index contributed by atoms with van der Waals surface area (Å²) in [6, 6.07) is 19.6.